The van der Waals surface area contributed by atoms with Crippen molar-refractivity contribution < 1.29 is 15.0 Å². The lowest BCUT2D eigenvalue weighted by atomic mass is 10.1. The number of unbranched alkanes of at least 4 members (excludes halogenated alkanes) is 6. The van der Waals surface area contributed by atoms with Gasteiger partial charge in [0.05, 0.1) is 6.61 Å². The average molecular weight is 214 g/mol. The summed E-state index contributed by atoms with van der Waals surface area (Å²) in [6.07, 6.45) is 11.6. The molecule has 0 heterocycles. The summed E-state index contributed by atoms with van der Waals surface area (Å²) >= 11 is 0. The third-order valence-electron chi connectivity index (χ3n) is 2.28. The van der Waals surface area contributed by atoms with Crippen molar-refractivity contribution >= 4 is 5.97 Å². The summed E-state index contributed by atoms with van der Waals surface area (Å²) in [5.74, 6) is -0.691. The molecule has 3 heteroatoms. The van der Waals surface area contributed by atoms with Gasteiger partial charge >= 0.3 is 5.97 Å². The summed E-state index contributed by atoms with van der Waals surface area (Å²) in [5, 5.41) is 16.9. The highest BCUT2D eigenvalue weighted by Gasteiger charge is 1.95. The highest BCUT2D eigenvalue weighted by Crippen LogP contribution is 2.08. The number of carbonyl (C=O) groups is 1. The fraction of sp³-hybridized carbons (Fsp3) is 0.750. The smallest absolute Gasteiger partial charge is 0.303 e. The van der Waals surface area contributed by atoms with Gasteiger partial charge in [0.25, 0.3) is 0 Å². The maximum absolute atomic E-state index is 10.2. The van der Waals surface area contributed by atoms with Crippen molar-refractivity contribution in [1.82, 2.24) is 0 Å². The van der Waals surface area contributed by atoms with Gasteiger partial charge in [-0.15, -0.1) is 0 Å². The molecule has 88 valence electrons. The second-order valence-electron chi connectivity index (χ2n) is 3.71. The molecular formula is C12H22O3. The van der Waals surface area contributed by atoms with Crippen LogP contribution in [0.2, 0.25) is 0 Å². The van der Waals surface area contributed by atoms with Gasteiger partial charge in [-0.25, -0.2) is 0 Å². The first-order valence-electron chi connectivity index (χ1n) is 5.75. The predicted molar refractivity (Wildman–Crippen MR) is 60.8 cm³/mol. The lowest BCUT2D eigenvalue weighted by molar-refractivity contribution is -0.137. The van der Waals surface area contributed by atoms with E-state index in [9.17, 15) is 4.79 Å². The van der Waals surface area contributed by atoms with Crippen LogP contribution in [0.25, 0.3) is 0 Å². The van der Waals surface area contributed by atoms with E-state index in [-0.39, 0.29) is 6.61 Å². The van der Waals surface area contributed by atoms with Gasteiger partial charge < -0.3 is 10.2 Å². The van der Waals surface area contributed by atoms with Gasteiger partial charge in [-0.05, 0) is 19.3 Å². The zero-order valence-electron chi connectivity index (χ0n) is 9.32. The average Bonchev–Trinajstić information content (AvgIpc) is 2.20. The van der Waals surface area contributed by atoms with Crippen molar-refractivity contribution in [2.24, 2.45) is 0 Å². The zero-order chi connectivity index (χ0) is 11.4. The van der Waals surface area contributed by atoms with E-state index in [4.69, 9.17) is 10.2 Å². The molecule has 0 bridgehead atoms. The molecule has 0 aliphatic carbocycles. The minimum atomic E-state index is -0.691. The summed E-state index contributed by atoms with van der Waals surface area (Å²) in [6.45, 7) is 0.134. The maximum Gasteiger partial charge on any atom is 0.303 e. The van der Waals surface area contributed by atoms with Crippen LogP contribution in [0.4, 0.5) is 0 Å². The number of aliphatic hydroxyl groups is 1. The van der Waals surface area contributed by atoms with E-state index in [1.54, 1.807) is 6.08 Å². The van der Waals surface area contributed by atoms with E-state index in [2.05, 4.69) is 0 Å². The third kappa shape index (κ3) is 13.2. The van der Waals surface area contributed by atoms with Crippen LogP contribution in [0.1, 0.15) is 51.4 Å². The summed E-state index contributed by atoms with van der Waals surface area (Å²) in [6, 6.07) is 0. The van der Waals surface area contributed by atoms with Crippen molar-refractivity contribution in [3.8, 4) is 0 Å². The number of carboxylic acid groups (broad SMARTS) is 1. The van der Waals surface area contributed by atoms with Crippen molar-refractivity contribution in [3.05, 3.63) is 12.2 Å². The van der Waals surface area contributed by atoms with Gasteiger partial charge in [0, 0.05) is 6.42 Å². The number of rotatable bonds is 10. The Morgan fingerprint density at radius 3 is 2.13 bits per heavy atom. The summed E-state index contributed by atoms with van der Waals surface area (Å²) in [5.41, 5.74) is 0. The van der Waals surface area contributed by atoms with Crippen molar-refractivity contribution in [1.29, 1.82) is 0 Å². The van der Waals surface area contributed by atoms with Crippen LogP contribution in [-0.4, -0.2) is 22.8 Å². The van der Waals surface area contributed by atoms with Crippen LogP contribution in [0.15, 0.2) is 12.2 Å². The largest absolute Gasteiger partial charge is 0.481 e. The fourth-order valence-electron chi connectivity index (χ4n) is 1.44. The normalized spacial score (nSPS) is 11.0. The van der Waals surface area contributed by atoms with E-state index >= 15 is 0 Å². The molecule has 0 spiro atoms. The Morgan fingerprint density at radius 2 is 1.53 bits per heavy atom. The number of aliphatic hydroxyl groups excluding tert-OH is 1. The Labute approximate surface area is 91.8 Å². The topological polar surface area (TPSA) is 57.5 Å². The van der Waals surface area contributed by atoms with E-state index in [1.165, 1.54) is 12.8 Å². The maximum atomic E-state index is 10.2. The predicted octanol–water partition coefficient (Wildman–Crippen LogP) is 2.74. The molecular weight excluding hydrogens is 192 g/mol. The quantitative estimate of drug-likeness (QED) is 0.434. The molecule has 0 aliphatic heterocycles. The van der Waals surface area contributed by atoms with Gasteiger partial charge in [-0.1, -0.05) is 37.8 Å². The molecule has 0 unspecified atom stereocenters. The van der Waals surface area contributed by atoms with E-state index < -0.39 is 5.97 Å². The molecule has 0 fully saturated rings. The number of allylic oxidation sites excluding steroid dienone is 1. The molecule has 0 aliphatic rings. The first-order chi connectivity index (χ1) is 7.27. The number of aliphatic carboxylic acids is 1. The number of hydrogen-bond acceptors (Lipinski definition) is 2. The highest BCUT2D eigenvalue weighted by atomic mass is 16.4. The third-order valence-corrected chi connectivity index (χ3v) is 2.28. The Morgan fingerprint density at radius 1 is 0.933 bits per heavy atom. The molecule has 0 atom stereocenters. The lowest BCUT2D eigenvalue weighted by Crippen LogP contribution is -1.93. The molecule has 0 aromatic heterocycles. The SMILES string of the molecule is O=C(O)CCCCCCCCC=CCO. The minimum Gasteiger partial charge on any atom is -0.481 e. The van der Waals surface area contributed by atoms with Crippen LogP contribution in [0.3, 0.4) is 0 Å². The number of hydrogen-bond donors (Lipinski definition) is 2. The molecule has 0 rings (SSSR count). The molecule has 0 saturated carbocycles. The van der Waals surface area contributed by atoms with Crippen LogP contribution in [0, 0.1) is 0 Å². The van der Waals surface area contributed by atoms with Crippen LogP contribution < -0.4 is 0 Å². The molecule has 0 radical (unpaired) electrons. The molecule has 15 heavy (non-hydrogen) atoms. The van der Waals surface area contributed by atoms with E-state index in [0.717, 1.165) is 32.1 Å². The van der Waals surface area contributed by atoms with Crippen molar-refractivity contribution in [2.75, 3.05) is 6.61 Å². The second kappa shape index (κ2) is 11.2. The van der Waals surface area contributed by atoms with Crippen molar-refractivity contribution in [2.45, 2.75) is 51.4 Å². The van der Waals surface area contributed by atoms with E-state index in [0.29, 0.717) is 6.42 Å². The van der Waals surface area contributed by atoms with Gasteiger partial charge in [0.15, 0.2) is 0 Å². The van der Waals surface area contributed by atoms with E-state index in [1.807, 2.05) is 6.08 Å². The Kier molecular flexibility index (Phi) is 10.6. The monoisotopic (exact) mass is 214 g/mol. The fourth-order valence-corrected chi connectivity index (χ4v) is 1.44. The number of carboxylic acids is 1. The van der Waals surface area contributed by atoms with Crippen LogP contribution in [0.5, 0.6) is 0 Å². The lowest BCUT2D eigenvalue weighted by Gasteiger charge is -1.99. The second-order valence-corrected chi connectivity index (χ2v) is 3.71. The van der Waals surface area contributed by atoms with Gasteiger partial charge in [0.1, 0.15) is 0 Å². The Hall–Kier alpha value is -0.830. The standard InChI is InChI=1S/C12H22O3/c13-11-9-7-5-3-1-2-4-6-8-10-12(14)15/h7,9,13H,1-6,8,10-11H2,(H,14,15). The summed E-state index contributed by atoms with van der Waals surface area (Å²) in [4.78, 5) is 10.2. The van der Waals surface area contributed by atoms with Crippen LogP contribution in [-0.2, 0) is 4.79 Å². The molecule has 2 N–H and O–H groups in total. The minimum absolute atomic E-state index is 0.134. The van der Waals surface area contributed by atoms with Gasteiger partial charge in [0.2, 0.25) is 0 Å². The first kappa shape index (κ1) is 14.2. The highest BCUT2D eigenvalue weighted by molar-refractivity contribution is 5.66. The molecule has 3 nitrogen and oxygen atoms in total. The Bertz CT molecular complexity index is 176. The first-order valence-corrected chi connectivity index (χ1v) is 5.75. The summed E-state index contributed by atoms with van der Waals surface area (Å²) in [7, 11) is 0. The van der Waals surface area contributed by atoms with Crippen molar-refractivity contribution in [3.63, 3.8) is 0 Å². The van der Waals surface area contributed by atoms with Gasteiger partial charge in [-0.3, -0.25) is 4.79 Å². The molecule has 0 aromatic carbocycles. The summed E-state index contributed by atoms with van der Waals surface area (Å²) < 4.78 is 0. The van der Waals surface area contributed by atoms with Crippen LogP contribution >= 0.6 is 0 Å². The Balaban J connectivity index is 2.99. The van der Waals surface area contributed by atoms with Gasteiger partial charge in [-0.2, -0.15) is 0 Å². The molecule has 0 aromatic rings. The molecule has 0 amide bonds. The zero-order valence-corrected chi connectivity index (χ0v) is 9.32. The molecule has 0 saturated heterocycles.